The van der Waals surface area contributed by atoms with Crippen molar-refractivity contribution in [2.75, 3.05) is 6.61 Å². The van der Waals surface area contributed by atoms with Crippen LogP contribution < -0.4 is 4.74 Å². The third-order valence-electron chi connectivity index (χ3n) is 4.29. The average Bonchev–Trinajstić information content (AvgIpc) is 3.09. The van der Waals surface area contributed by atoms with Crippen molar-refractivity contribution in [1.29, 1.82) is 0 Å². The molecule has 0 aliphatic carbocycles. The minimum absolute atomic E-state index is 0.0174. The van der Waals surface area contributed by atoms with Crippen molar-refractivity contribution in [3.05, 3.63) is 59.4 Å². The molecule has 0 saturated heterocycles. The molecule has 0 aliphatic heterocycles. The van der Waals surface area contributed by atoms with E-state index in [1.165, 1.54) is 23.7 Å². The van der Waals surface area contributed by atoms with Gasteiger partial charge in [-0.3, -0.25) is 0 Å². The first-order valence-corrected chi connectivity index (χ1v) is 10.3. The Morgan fingerprint density at radius 3 is 2.77 bits per heavy atom. The van der Waals surface area contributed by atoms with Crippen LogP contribution in [0.3, 0.4) is 0 Å². The lowest BCUT2D eigenvalue weighted by molar-refractivity contribution is 0.341. The van der Waals surface area contributed by atoms with E-state index < -0.39 is 0 Å². The standard InChI is InChI=1S/C21H17ClN4O3S/c1-2-29-16-6-4-3-5-13(16)19-18(28)17-20(30-19)21(24-11-23-17)26-25-10-12-7-8-15(27)14(22)9-12/h3-9,11,27-28H,2,10H2,1H3. The highest BCUT2D eigenvalue weighted by Gasteiger charge is 2.20. The number of benzene rings is 2. The molecule has 0 fully saturated rings. The Balaban J connectivity index is 1.69. The number of aromatic nitrogens is 2. The van der Waals surface area contributed by atoms with Crippen molar-refractivity contribution in [3.8, 4) is 27.7 Å². The van der Waals surface area contributed by atoms with Crippen LogP contribution >= 0.6 is 22.9 Å². The second-order valence-corrected chi connectivity index (χ2v) is 7.70. The number of fused-ring (bicyclic) bond motifs is 1. The fraction of sp³-hybridized carbons (Fsp3) is 0.143. The van der Waals surface area contributed by atoms with Crippen LogP contribution in [0, 0.1) is 0 Å². The Kier molecular flexibility index (Phi) is 5.78. The van der Waals surface area contributed by atoms with Gasteiger partial charge in [0.2, 0.25) is 0 Å². The van der Waals surface area contributed by atoms with Crippen molar-refractivity contribution in [2.24, 2.45) is 10.2 Å². The van der Waals surface area contributed by atoms with E-state index in [1.807, 2.05) is 31.2 Å². The minimum Gasteiger partial charge on any atom is -0.506 e. The number of hydrogen-bond acceptors (Lipinski definition) is 8. The van der Waals surface area contributed by atoms with E-state index in [4.69, 9.17) is 16.3 Å². The number of hydrogen-bond donors (Lipinski definition) is 2. The van der Waals surface area contributed by atoms with E-state index in [-0.39, 0.29) is 23.1 Å². The second kappa shape index (κ2) is 8.64. The maximum Gasteiger partial charge on any atom is 0.195 e. The average molecular weight is 441 g/mol. The van der Waals surface area contributed by atoms with Crippen LogP contribution in [0.5, 0.6) is 17.2 Å². The zero-order chi connectivity index (χ0) is 21.1. The van der Waals surface area contributed by atoms with Gasteiger partial charge < -0.3 is 14.9 Å². The Bertz CT molecular complexity index is 1240. The Hall–Kier alpha value is -3.23. The molecule has 0 unspecified atom stereocenters. The third kappa shape index (κ3) is 3.92. The van der Waals surface area contributed by atoms with Gasteiger partial charge in [-0.05, 0) is 36.8 Å². The Morgan fingerprint density at radius 1 is 1.13 bits per heavy atom. The molecule has 2 heterocycles. The van der Waals surface area contributed by atoms with Gasteiger partial charge in [-0.2, -0.15) is 5.11 Å². The fourth-order valence-corrected chi connectivity index (χ4v) is 4.22. The molecule has 0 spiro atoms. The maximum absolute atomic E-state index is 10.8. The third-order valence-corrected chi connectivity index (χ3v) is 5.79. The van der Waals surface area contributed by atoms with Crippen LogP contribution in [0.4, 0.5) is 5.82 Å². The van der Waals surface area contributed by atoms with Crippen LogP contribution in [0.2, 0.25) is 5.02 Å². The molecule has 0 radical (unpaired) electrons. The normalized spacial score (nSPS) is 11.4. The van der Waals surface area contributed by atoms with E-state index >= 15 is 0 Å². The van der Waals surface area contributed by atoms with Crippen LogP contribution in [0.15, 0.2) is 59.0 Å². The number of rotatable bonds is 6. The summed E-state index contributed by atoms with van der Waals surface area (Å²) >= 11 is 7.25. The van der Waals surface area contributed by atoms with Gasteiger partial charge in [-0.25, -0.2) is 9.97 Å². The van der Waals surface area contributed by atoms with Crippen molar-refractivity contribution in [3.63, 3.8) is 0 Å². The summed E-state index contributed by atoms with van der Waals surface area (Å²) in [5, 5.41) is 28.9. The summed E-state index contributed by atoms with van der Waals surface area (Å²) in [5.41, 5.74) is 1.99. The van der Waals surface area contributed by atoms with E-state index in [9.17, 15) is 10.2 Å². The fourth-order valence-electron chi connectivity index (χ4n) is 2.91. The largest absolute Gasteiger partial charge is 0.506 e. The van der Waals surface area contributed by atoms with Gasteiger partial charge >= 0.3 is 0 Å². The number of aromatic hydroxyl groups is 2. The monoisotopic (exact) mass is 440 g/mol. The number of phenolic OH excluding ortho intramolecular Hbond substituents is 1. The molecular weight excluding hydrogens is 424 g/mol. The summed E-state index contributed by atoms with van der Waals surface area (Å²) in [6.07, 6.45) is 1.35. The van der Waals surface area contributed by atoms with Crippen molar-refractivity contribution < 1.29 is 14.9 Å². The molecule has 9 heteroatoms. The Labute approximate surface area is 181 Å². The molecule has 2 N–H and O–H groups in total. The summed E-state index contributed by atoms with van der Waals surface area (Å²) in [6, 6.07) is 12.4. The quantitative estimate of drug-likeness (QED) is 0.352. The summed E-state index contributed by atoms with van der Waals surface area (Å²) in [4.78, 5) is 9.05. The van der Waals surface area contributed by atoms with Gasteiger partial charge in [0.1, 0.15) is 28.0 Å². The van der Waals surface area contributed by atoms with E-state index in [2.05, 4.69) is 20.2 Å². The number of nitrogens with zero attached hydrogens (tertiary/aromatic N) is 4. The molecule has 0 atom stereocenters. The lowest BCUT2D eigenvalue weighted by Gasteiger charge is -2.08. The molecule has 4 rings (SSSR count). The van der Waals surface area contributed by atoms with Crippen molar-refractivity contribution >= 4 is 39.0 Å². The van der Waals surface area contributed by atoms with Gasteiger partial charge in [0, 0.05) is 5.56 Å². The van der Waals surface area contributed by atoms with Crippen LogP contribution in [-0.4, -0.2) is 26.8 Å². The van der Waals surface area contributed by atoms with E-state index in [0.29, 0.717) is 33.3 Å². The highest BCUT2D eigenvalue weighted by molar-refractivity contribution is 7.23. The molecule has 2 aromatic heterocycles. The van der Waals surface area contributed by atoms with Gasteiger partial charge in [-0.15, -0.1) is 16.5 Å². The number of phenols is 1. The van der Waals surface area contributed by atoms with E-state index in [0.717, 1.165) is 11.1 Å². The number of para-hydroxylation sites is 1. The summed E-state index contributed by atoms with van der Waals surface area (Å²) < 4.78 is 6.32. The smallest absolute Gasteiger partial charge is 0.195 e. The predicted molar refractivity (Wildman–Crippen MR) is 117 cm³/mol. The van der Waals surface area contributed by atoms with Gasteiger partial charge in [0.15, 0.2) is 11.6 Å². The molecule has 0 aliphatic rings. The SMILES string of the molecule is CCOc1ccccc1-c1sc2c(N=NCc3ccc(O)c(Cl)c3)ncnc2c1O. The molecule has 2 aromatic carbocycles. The minimum atomic E-state index is 0.0174. The van der Waals surface area contributed by atoms with Crippen LogP contribution in [-0.2, 0) is 6.54 Å². The van der Waals surface area contributed by atoms with Gasteiger partial charge in [0.05, 0.1) is 23.1 Å². The first-order valence-electron chi connectivity index (χ1n) is 9.12. The number of ether oxygens (including phenoxy) is 1. The number of thiophene rings is 1. The lowest BCUT2D eigenvalue weighted by Crippen LogP contribution is -1.92. The first kappa shape index (κ1) is 20.1. The Morgan fingerprint density at radius 2 is 1.97 bits per heavy atom. The molecule has 7 nitrogen and oxygen atoms in total. The molecule has 0 amide bonds. The highest BCUT2D eigenvalue weighted by Crippen LogP contribution is 2.47. The van der Waals surface area contributed by atoms with Crippen LogP contribution in [0.25, 0.3) is 20.7 Å². The topological polar surface area (TPSA) is 100 Å². The highest BCUT2D eigenvalue weighted by atomic mass is 35.5. The summed E-state index contributed by atoms with van der Waals surface area (Å²) in [5.74, 6) is 1.13. The lowest BCUT2D eigenvalue weighted by atomic mass is 10.1. The first-order chi connectivity index (χ1) is 14.6. The van der Waals surface area contributed by atoms with Crippen molar-refractivity contribution in [1.82, 2.24) is 9.97 Å². The second-order valence-electron chi connectivity index (χ2n) is 6.27. The zero-order valence-electron chi connectivity index (χ0n) is 15.9. The molecule has 0 saturated carbocycles. The zero-order valence-corrected chi connectivity index (χ0v) is 17.5. The summed E-state index contributed by atoms with van der Waals surface area (Å²) in [7, 11) is 0. The molecule has 30 heavy (non-hydrogen) atoms. The molecule has 0 bridgehead atoms. The number of halogens is 1. The molecular formula is C21H17ClN4O3S. The van der Waals surface area contributed by atoms with Crippen LogP contribution in [0.1, 0.15) is 12.5 Å². The number of azo groups is 1. The van der Waals surface area contributed by atoms with E-state index in [1.54, 1.807) is 12.1 Å². The van der Waals surface area contributed by atoms with Crippen molar-refractivity contribution in [2.45, 2.75) is 13.5 Å². The maximum atomic E-state index is 10.8. The predicted octanol–water partition coefficient (Wildman–Crippen LogP) is 6.11. The summed E-state index contributed by atoms with van der Waals surface area (Å²) in [6.45, 7) is 2.69. The van der Waals surface area contributed by atoms with Gasteiger partial charge in [-0.1, -0.05) is 29.8 Å². The molecule has 4 aromatic rings. The molecule has 152 valence electrons. The van der Waals surface area contributed by atoms with Gasteiger partial charge in [0.25, 0.3) is 0 Å².